The van der Waals surface area contributed by atoms with E-state index in [2.05, 4.69) is 215 Å². The van der Waals surface area contributed by atoms with E-state index in [-0.39, 0.29) is 0 Å². The van der Waals surface area contributed by atoms with E-state index >= 15 is 0 Å². The highest BCUT2D eigenvalue weighted by molar-refractivity contribution is 6.08. The fourth-order valence-electron chi connectivity index (χ4n) is 9.30. The van der Waals surface area contributed by atoms with Crippen LogP contribution in [0.25, 0.3) is 27.6 Å². The Morgan fingerprint density at radius 1 is 0.491 bits per heavy atom. The molecule has 4 heterocycles. The van der Waals surface area contributed by atoms with Gasteiger partial charge in [0.2, 0.25) is 5.58 Å². The van der Waals surface area contributed by atoms with Crippen molar-refractivity contribution < 1.29 is 18.1 Å². The highest BCUT2D eigenvalue weighted by atomic mass is 16.3. The van der Waals surface area contributed by atoms with E-state index < -0.39 is 10.8 Å². The van der Waals surface area contributed by atoms with Crippen molar-refractivity contribution in [3.8, 4) is 5.69 Å². The molecule has 0 radical (unpaired) electrons. The molecular formula is C49H48N3O+3. The molecule has 262 valence electrons. The summed E-state index contributed by atoms with van der Waals surface area (Å²) in [5, 5.41) is 2.23. The molecule has 0 bridgehead atoms. The van der Waals surface area contributed by atoms with Gasteiger partial charge in [0, 0.05) is 59.2 Å². The summed E-state index contributed by atoms with van der Waals surface area (Å²) >= 11 is 0. The zero-order chi connectivity index (χ0) is 37.1. The van der Waals surface area contributed by atoms with Crippen molar-refractivity contribution >= 4 is 21.9 Å². The molecule has 0 aliphatic heterocycles. The van der Waals surface area contributed by atoms with Crippen LogP contribution >= 0.6 is 0 Å². The zero-order valence-corrected chi connectivity index (χ0v) is 32.1. The number of aryl methyl sites for hydroxylation is 4. The van der Waals surface area contributed by atoms with Gasteiger partial charge in [0.1, 0.15) is 30.5 Å². The van der Waals surface area contributed by atoms with Gasteiger partial charge in [-0.25, -0.2) is 9.13 Å². The molecule has 2 atom stereocenters. The Morgan fingerprint density at radius 2 is 1.00 bits per heavy atom. The molecule has 8 rings (SSSR count). The SMILES string of the molecule is Cc1ccccc1C(C)(c1cc2c(oc3ccccc32)c(-[n+]2cccc(C(C)(c3ccccc3C)c3cccc[n+]3C)c2C)c1C)c1cccc[n+]1C. The summed E-state index contributed by atoms with van der Waals surface area (Å²) in [7, 11) is 4.31. The maximum absolute atomic E-state index is 6.90. The molecule has 4 nitrogen and oxygen atoms in total. The van der Waals surface area contributed by atoms with Gasteiger partial charge >= 0.3 is 0 Å². The summed E-state index contributed by atoms with van der Waals surface area (Å²) in [5.74, 6) is 0. The highest BCUT2D eigenvalue weighted by Gasteiger charge is 2.45. The normalized spacial score (nSPS) is 14.0. The van der Waals surface area contributed by atoms with Crippen molar-refractivity contribution in [2.45, 2.75) is 52.4 Å². The monoisotopic (exact) mass is 694 g/mol. The lowest BCUT2D eigenvalue weighted by Gasteiger charge is -2.32. The Labute approximate surface area is 313 Å². The van der Waals surface area contributed by atoms with Crippen LogP contribution in [-0.2, 0) is 24.9 Å². The summed E-state index contributed by atoms with van der Waals surface area (Å²) in [6.45, 7) is 13.8. The maximum atomic E-state index is 6.90. The van der Waals surface area contributed by atoms with Crippen LogP contribution in [0.4, 0.5) is 0 Å². The Hall–Kier alpha value is -5.87. The van der Waals surface area contributed by atoms with Crippen molar-refractivity contribution in [2.24, 2.45) is 14.1 Å². The Bertz CT molecular complexity index is 2590. The number of furan rings is 1. The van der Waals surface area contributed by atoms with Crippen molar-refractivity contribution in [2.75, 3.05) is 0 Å². The molecule has 0 fully saturated rings. The Balaban J connectivity index is 1.51. The van der Waals surface area contributed by atoms with E-state index in [0.29, 0.717) is 0 Å². The van der Waals surface area contributed by atoms with Crippen LogP contribution in [0.1, 0.15) is 69.9 Å². The molecule has 2 unspecified atom stereocenters. The standard InChI is InChI=1S/C49H48N3O/c1-33-20-9-12-23-39(33)48(5,44-27-15-17-29-50(44)7)41-25-19-31-52(36(41)4)46-35(3)42(32-38-37-22-11-14-26-43(37)53-47(38)46)49(6,40-24-13-10-21-34(40)2)45-28-16-18-30-51(45)8/h9-32H,1-8H3/q+3. The number of aromatic nitrogens is 3. The number of fused-ring (bicyclic) bond motifs is 3. The van der Waals surface area contributed by atoms with Crippen LogP contribution in [0.15, 0.2) is 150 Å². The minimum Gasteiger partial charge on any atom is -0.449 e. The van der Waals surface area contributed by atoms with Gasteiger partial charge in [0.25, 0.3) is 5.69 Å². The quantitative estimate of drug-likeness (QED) is 0.153. The first kappa shape index (κ1) is 34.2. The molecule has 0 amide bonds. The minimum absolute atomic E-state index is 0.458. The van der Waals surface area contributed by atoms with E-state index in [4.69, 9.17) is 4.42 Å². The highest BCUT2D eigenvalue weighted by Crippen LogP contribution is 2.46. The summed E-state index contributed by atoms with van der Waals surface area (Å²) < 4.78 is 13.8. The van der Waals surface area contributed by atoms with Gasteiger partial charge in [-0.2, -0.15) is 4.57 Å². The van der Waals surface area contributed by atoms with Crippen molar-refractivity contribution in [1.82, 2.24) is 0 Å². The molecule has 8 aromatic rings. The molecule has 0 aliphatic carbocycles. The lowest BCUT2D eigenvalue weighted by molar-refractivity contribution is -0.681. The summed E-state index contributed by atoms with van der Waals surface area (Å²) in [6.07, 6.45) is 6.53. The first-order chi connectivity index (χ1) is 25.6. The number of nitrogens with zero attached hydrogens (tertiary/aromatic N) is 3. The molecule has 53 heavy (non-hydrogen) atoms. The van der Waals surface area contributed by atoms with Gasteiger partial charge in [-0.3, -0.25) is 0 Å². The van der Waals surface area contributed by atoms with Gasteiger partial charge in [0.15, 0.2) is 35.7 Å². The third-order valence-electron chi connectivity index (χ3n) is 12.0. The van der Waals surface area contributed by atoms with E-state index in [0.717, 1.165) is 33.3 Å². The summed E-state index contributed by atoms with van der Waals surface area (Å²) in [5.41, 5.74) is 14.2. The van der Waals surface area contributed by atoms with Crippen LogP contribution < -0.4 is 13.7 Å². The number of hydrogen-bond acceptors (Lipinski definition) is 1. The topological polar surface area (TPSA) is 24.8 Å². The second kappa shape index (κ2) is 13.0. The van der Waals surface area contributed by atoms with Gasteiger partial charge in [-0.1, -0.05) is 78.9 Å². The molecule has 0 spiro atoms. The van der Waals surface area contributed by atoms with Crippen molar-refractivity contribution in [1.29, 1.82) is 0 Å². The van der Waals surface area contributed by atoms with Crippen LogP contribution in [0, 0.1) is 27.7 Å². The average molecular weight is 695 g/mol. The molecule has 4 aromatic carbocycles. The number of pyridine rings is 3. The first-order valence-electron chi connectivity index (χ1n) is 18.6. The molecule has 4 aromatic heterocycles. The van der Waals surface area contributed by atoms with Gasteiger partial charge < -0.3 is 4.42 Å². The fraction of sp³-hybridized carbons (Fsp3) is 0.204. The summed E-state index contributed by atoms with van der Waals surface area (Å²) in [6, 6.07) is 46.1. The summed E-state index contributed by atoms with van der Waals surface area (Å²) in [4.78, 5) is 0. The predicted octanol–water partition coefficient (Wildman–Crippen LogP) is 9.45. The average Bonchev–Trinajstić information content (AvgIpc) is 3.53. The van der Waals surface area contributed by atoms with E-state index in [1.54, 1.807) is 0 Å². The van der Waals surface area contributed by atoms with Crippen LogP contribution in [0.5, 0.6) is 0 Å². The molecule has 0 saturated carbocycles. The third-order valence-corrected chi connectivity index (χ3v) is 12.0. The molecule has 0 aliphatic rings. The number of hydrogen-bond donors (Lipinski definition) is 0. The second-order valence-corrected chi connectivity index (χ2v) is 15.0. The molecule has 4 heteroatoms. The van der Waals surface area contributed by atoms with E-state index in [1.165, 1.54) is 50.3 Å². The number of rotatable bonds is 7. The maximum Gasteiger partial charge on any atom is 0.257 e. The van der Waals surface area contributed by atoms with Gasteiger partial charge in [-0.15, -0.1) is 0 Å². The van der Waals surface area contributed by atoms with Crippen LogP contribution in [-0.4, -0.2) is 0 Å². The Morgan fingerprint density at radius 3 is 1.58 bits per heavy atom. The van der Waals surface area contributed by atoms with Crippen LogP contribution in [0.2, 0.25) is 0 Å². The molecule has 0 N–H and O–H groups in total. The number of para-hydroxylation sites is 1. The lowest BCUT2D eigenvalue weighted by Crippen LogP contribution is -2.46. The zero-order valence-electron chi connectivity index (χ0n) is 32.1. The lowest BCUT2D eigenvalue weighted by atomic mass is 9.69. The molecular weight excluding hydrogens is 647 g/mol. The number of benzene rings is 4. The fourth-order valence-corrected chi connectivity index (χ4v) is 9.30. The van der Waals surface area contributed by atoms with Crippen molar-refractivity contribution in [3.05, 3.63) is 202 Å². The molecule has 0 saturated heterocycles. The predicted molar refractivity (Wildman–Crippen MR) is 213 cm³/mol. The van der Waals surface area contributed by atoms with Crippen molar-refractivity contribution in [3.63, 3.8) is 0 Å². The van der Waals surface area contributed by atoms with Crippen LogP contribution in [0.3, 0.4) is 0 Å². The second-order valence-electron chi connectivity index (χ2n) is 15.0. The smallest absolute Gasteiger partial charge is 0.257 e. The third kappa shape index (κ3) is 5.22. The largest absolute Gasteiger partial charge is 0.449 e. The minimum atomic E-state index is -0.494. The van der Waals surface area contributed by atoms with E-state index in [9.17, 15) is 0 Å². The van der Waals surface area contributed by atoms with Gasteiger partial charge in [0.05, 0.1) is 0 Å². The van der Waals surface area contributed by atoms with Gasteiger partial charge in [-0.05, 0) is 80.6 Å². The first-order valence-corrected chi connectivity index (χ1v) is 18.6. The Kier molecular flexibility index (Phi) is 8.37. The van der Waals surface area contributed by atoms with E-state index in [1.807, 2.05) is 0 Å².